The molecule has 2 N–H and O–H groups in total. The Morgan fingerprint density at radius 3 is 2.52 bits per heavy atom. The summed E-state index contributed by atoms with van der Waals surface area (Å²) in [5.74, 6) is 0.503. The molecule has 1 heterocycles. The minimum Gasteiger partial charge on any atom is -0.484 e. The first-order valence-corrected chi connectivity index (χ1v) is 8.67. The summed E-state index contributed by atoms with van der Waals surface area (Å²) < 4.78 is 5.49. The number of carbonyl (C=O) groups excluding carboxylic acids is 1. The number of likely N-dealkylation sites (tertiary alicyclic amines) is 1. The van der Waals surface area contributed by atoms with Crippen LogP contribution in [0.2, 0.25) is 0 Å². The molecule has 132 valence electrons. The third-order valence-corrected chi connectivity index (χ3v) is 4.36. The van der Waals surface area contributed by atoms with Crippen LogP contribution in [0.15, 0.2) is 54.6 Å². The second-order valence-electron chi connectivity index (χ2n) is 6.31. The molecule has 0 spiro atoms. The zero-order valence-electron chi connectivity index (χ0n) is 14.2. The summed E-state index contributed by atoms with van der Waals surface area (Å²) in [6, 6.07) is 17.1. The molecule has 1 amide bonds. The predicted molar refractivity (Wildman–Crippen MR) is 97.5 cm³/mol. The number of carbonyl (C=O) groups is 1. The molecule has 1 fully saturated rings. The van der Waals surface area contributed by atoms with Crippen molar-refractivity contribution in [1.82, 2.24) is 4.90 Å². The first-order chi connectivity index (χ1) is 12.2. The van der Waals surface area contributed by atoms with E-state index in [1.807, 2.05) is 54.6 Å². The summed E-state index contributed by atoms with van der Waals surface area (Å²) >= 11 is 0. The maximum atomic E-state index is 12.2. The van der Waals surface area contributed by atoms with Crippen molar-refractivity contribution in [2.75, 3.05) is 25.0 Å². The molecule has 5 nitrogen and oxygen atoms in total. The third-order valence-electron chi connectivity index (χ3n) is 4.36. The van der Waals surface area contributed by atoms with Gasteiger partial charge in [0.25, 0.3) is 5.91 Å². The standard InChI is InChI=1S/C20H24N2O3/c23-17-10-12-22(13-11-17)14-16-6-4-5-9-19(16)21-20(24)15-25-18-7-2-1-3-8-18/h1-9,17,23H,10-15H2,(H,21,24). The molecule has 0 aliphatic carbocycles. The molecule has 5 heteroatoms. The van der Waals surface area contributed by atoms with E-state index in [0.29, 0.717) is 5.75 Å². The number of hydrogen-bond acceptors (Lipinski definition) is 4. The minimum atomic E-state index is -0.179. The van der Waals surface area contributed by atoms with Gasteiger partial charge >= 0.3 is 0 Å². The largest absolute Gasteiger partial charge is 0.484 e. The van der Waals surface area contributed by atoms with Gasteiger partial charge in [-0.3, -0.25) is 9.69 Å². The van der Waals surface area contributed by atoms with E-state index in [1.54, 1.807) is 0 Å². The number of hydrogen-bond donors (Lipinski definition) is 2. The van der Waals surface area contributed by atoms with Crippen molar-refractivity contribution in [3.63, 3.8) is 0 Å². The predicted octanol–water partition coefficient (Wildman–Crippen LogP) is 2.66. The summed E-state index contributed by atoms with van der Waals surface area (Å²) in [7, 11) is 0. The smallest absolute Gasteiger partial charge is 0.262 e. The summed E-state index contributed by atoms with van der Waals surface area (Å²) in [6.45, 7) is 2.50. The van der Waals surface area contributed by atoms with Crippen LogP contribution in [0.1, 0.15) is 18.4 Å². The van der Waals surface area contributed by atoms with Gasteiger partial charge < -0.3 is 15.2 Å². The quantitative estimate of drug-likeness (QED) is 0.849. The van der Waals surface area contributed by atoms with Crippen LogP contribution in [0.25, 0.3) is 0 Å². The molecule has 0 unspecified atom stereocenters. The van der Waals surface area contributed by atoms with Gasteiger partial charge in [-0.15, -0.1) is 0 Å². The van der Waals surface area contributed by atoms with Crippen LogP contribution >= 0.6 is 0 Å². The van der Waals surface area contributed by atoms with Crippen LogP contribution in [0, 0.1) is 0 Å². The van der Waals surface area contributed by atoms with E-state index in [4.69, 9.17) is 4.74 Å². The fraction of sp³-hybridized carbons (Fsp3) is 0.350. The van der Waals surface area contributed by atoms with E-state index >= 15 is 0 Å². The van der Waals surface area contributed by atoms with Gasteiger partial charge in [0, 0.05) is 25.3 Å². The summed E-state index contributed by atoms with van der Waals surface area (Å²) in [5.41, 5.74) is 1.89. The Balaban J connectivity index is 1.56. The average molecular weight is 340 g/mol. The molecule has 0 bridgehead atoms. The normalized spacial score (nSPS) is 15.7. The van der Waals surface area contributed by atoms with Crippen LogP contribution in [0.5, 0.6) is 5.75 Å². The first kappa shape index (κ1) is 17.5. The van der Waals surface area contributed by atoms with Crippen molar-refractivity contribution in [3.05, 3.63) is 60.2 Å². The molecule has 1 saturated heterocycles. The number of aliphatic hydroxyl groups is 1. The highest BCUT2D eigenvalue weighted by Gasteiger charge is 2.18. The number of para-hydroxylation sites is 2. The lowest BCUT2D eigenvalue weighted by molar-refractivity contribution is -0.118. The minimum absolute atomic E-state index is 0.0196. The molecular formula is C20H24N2O3. The van der Waals surface area contributed by atoms with Gasteiger partial charge in [0.2, 0.25) is 0 Å². The van der Waals surface area contributed by atoms with Gasteiger partial charge in [0.1, 0.15) is 5.75 Å². The lowest BCUT2D eigenvalue weighted by Crippen LogP contribution is -2.35. The lowest BCUT2D eigenvalue weighted by atomic mass is 10.1. The summed E-state index contributed by atoms with van der Waals surface area (Å²) in [5, 5.41) is 12.6. The van der Waals surface area contributed by atoms with Crippen molar-refractivity contribution in [1.29, 1.82) is 0 Å². The van der Waals surface area contributed by atoms with Gasteiger partial charge in [-0.05, 0) is 36.6 Å². The highest BCUT2D eigenvalue weighted by atomic mass is 16.5. The molecular weight excluding hydrogens is 316 g/mol. The number of piperidine rings is 1. The number of nitrogens with zero attached hydrogens (tertiary/aromatic N) is 1. The van der Waals surface area contributed by atoms with E-state index in [0.717, 1.165) is 43.7 Å². The van der Waals surface area contributed by atoms with Crippen LogP contribution in [0.4, 0.5) is 5.69 Å². The van der Waals surface area contributed by atoms with Gasteiger partial charge in [-0.1, -0.05) is 36.4 Å². The second-order valence-corrected chi connectivity index (χ2v) is 6.31. The second kappa shape index (κ2) is 8.65. The summed E-state index contributed by atoms with van der Waals surface area (Å²) in [4.78, 5) is 14.5. The van der Waals surface area contributed by atoms with E-state index in [1.165, 1.54) is 0 Å². The topological polar surface area (TPSA) is 61.8 Å². The number of anilines is 1. The van der Waals surface area contributed by atoms with Crippen molar-refractivity contribution in [2.24, 2.45) is 0 Å². The number of amides is 1. The van der Waals surface area contributed by atoms with Crippen LogP contribution in [-0.2, 0) is 11.3 Å². The average Bonchev–Trinajstić information content (AvgIpc) is 2.64. The van der Waals surface area contributed by atoms with E-state index in [2.05, 4.69) is 10.2 Å². The van der Waals surface area contributed by atoms with Gasteiger partial charge in [0.05, 0.1) is 6.10 Å². The molecule has 0 saturated carbocycles. The van der Waals surface area contributed by atoms with E-state index in [-0.39, 0.29) is 18.6 Å². The monoisotopic (exact) mass is 340 g/mol. The molecule has 2 aromatic carbocycles. The van der Waals surface area contributed by atoms with E-state index in [9.17, 15) is 9.90 Å². The zero-order valence-corrected chi connectivity index (χ0v) is 14.2. The molecule has 0 radical (unpaired) electrons. The maximum Gasteiger partial charge on any atom is 0.262 e. The number of aliphatic hydroxyl groups excluding tert-OH is 1. The molecule has 0 atom stereocenters. The van der Waals surface area contributed by atoms with Gasteiger partial charge in [0.15, 0.2) is 6.61 Å². The number of rotatable bonds is 6. The maximum absolute atomic E-state index is 12.2. The molecule has 1 aliphatic rings. The SMILES string of the molecule is O=C(COc1ccccc1)Nc1ccccc1CN1CCC(O)CC1. The van der Waals surface area contributed by atoms with Crippen molar-refractivity contribution >= 4 is 11.6 Å². The van der Waals surface area contributed by atoms with E-state index < -0.39 is 0 Å². The Kier molecular flexibility index (Phi) is 6.04. The lowest BCUT2D eigenvalue weighted by Gasteiger charge is -2.30. The molecule has 0 aromatic heterocycles. The Hall–Kier alpha value is -2.37. The third kappa shape index (κ3) is 5.31. The first-order valence-electron chi connectivity index (χ1n) is 8.67. The van der Waals surface area contributed by atoms with Crippen molar-refractivity contribution in [2.45, 2.75) is 25.5 Å². The number of ether oxygens (including phenoxy) is 1. The molecule has 2 aromatic rings. The van der Waals surface area contributed by atoms with Gasteiger partial charge in [-0.25, -0.2) is 0 Å². The Morgan fingerprint density at radius 2 is 1.76 bits per heavy atom. The molecule has 25 heavy (non-hydrogen) atoms. The highest BCUT2D eigenvalue weighted by molar-refractivity contribution is 5.92. The van der Waals surface area contributed by atoms with Crippen molar-refractivity contribution in [3.8, 4) is 5.75 Å². The fourth-order valence-electron chi connectivity index (χ4n) is 2.95. The molecule has 3 rings (SSSR count). The highest BCUT2D eigenvalue weighted by Crippen LogP contribution is 2.20. The van der Waals surface area contributed by atoms with Crippen molar-refractivity contribution < 1.29 is 14.6 Å². The Labute approximate surface area is 148 Å². The van der Waals surface area contributed by atoms with Crippen LogP contribution in [0.3, 0.4) is 0 Å². The number of nitrogens with one attached hydrogen (secondary N) is 1. The zero-order chi connectivity index (χ0) is 17.5. The van der Waals surface area contributed by atoms with Crippen LogP contribution in [-0.4, -0.2) is 41.7 Å². The fourth-order valence-corrected chi connectivity index (χ4v) is 2.95. The Morgan fingerprint density at radius 1 is 1.08 bits per heavy atom. The summed E-state index contributed by atoms with van der Waals surface area (Å²) in [6.07, 6.45) is 1.43. The van der Waals surface area contributed by atoms with Gasteiger partial charge in [-0.2, -0.15) is 0 Å². The molecule has 1 aliphatic heterocycles. The number of benzene rings is 2. The van der Waals surface area contributed by atoms with Crippen LogP contribution < -0.4 is 10.1 Å². The Bertz CT molecular complexity index is 682.